The summed E-state index contributed by atoms with van der Waals surface area (Å²) in [5.41, 5.74) is 2.65. The van der Waals surface area contributed by atoms with Gasteiger partial charge in [0.05, 0.1) is 0 Å². The molecule has 2 aromatic carbocycles. The number of likely N-dealkylation sites (tertiary alicyclic amines) is 1. The lowest BCUT2D eigenvalue weighted by molar-refractivity contribution is -0.136. The predicted octanol–water partition coefficient (Wildman–Crippen LogP) is 2.20. The fourth-order valence-electron chi connectivity index (χ4n) is 5.01. The molecule has 2 N–H and O–H groups in total. The summed E-state index contributed by atoms with van der Waals surface area (Å²) < 4.78 is 5.32. The van der Waals surface area contributed by atoms with Crippen LogP contribution in [-0.2, 0) is 22.7 Å². The average Bonchev–Trinajstić information content (AvgIpc) is 3.16. The van der Waals surface area contributed by atoms with Crippen LogP contribution in [0.5, 0.6) is 5.75 Å². The minimum Gasteiger partial charge on any atom is -0.410 e. The second-order valence-corrected chi connectivity index (χ2v) is 9.29. The van der Waals surface area contributed by atoms with Gasteiger partial charge in [0.1, 0.15) is 11.8 Å². The number of hydrogen-bond acceptors (Lipinski definition) is 6. The minimum absolute atomic E-state index is 0.0715. The second kappa shape index (κ2) is 9.87. The van der Waals surface area contributed by atoms with Gasteiger partial charge in [-0.25, -0.2) is 4.79 Å². The number of benzene rings is 2. The highest BCUT2D eigenvalue weighted by Crippen LogP contribution is 2.29. The van der Waals surface area contributed by atoms with Crippen LogP contribution in [0.4, 0.5) is 4.79 Å². The summed E-state index contributed by atoms with van der Waals surface area (Å²) in [4.78, 5) is 52.6. The number of para-hydroxylation sites is 1. The van der Waals surface area contributed by atoms with E-state index in [1.165, 1.54) is 0 Å². The van der Waals surface area contributed by atoms with E-state index in [-0.39, 0.29) is 24.3 Å². The van der Waals surface area contributed by atoms with Crippen molar-refractivity contribution in [1.29, 1.82) is 0 Å². The summed E-state index contributed by atoms with van der Waals surface area (Å²) in [5.74, 6) is -0.319. The molecule has 9 heteroatoms. The Morgan fingerprint density at radius 1 is 1.03 bits per heavy atom. The molecule has 3 heterocycles. The molecule has 0 radical (unpaired) electrons. The largest absolute Gasteiger partial charge is 0.412 e. The van der Waals surface area contributed by atoms with Crippen molar-refractivity contribution >= 4 is 23.8 Å². The van der Waals surface area contributed by atoms with E-state index >= 15 is 0 Å². The molecule has 3 aliphatic heterocycles. The number of rotatable bonds is 5. The van der Waals surface area contributed by atoms with Gasteiger partial charge in [-0.05, 0) is 48.6 Å². The van der Waals surface area contributed by atoms with Crippen LogP contribution in [0.1, 0.15) is 47.2 Å². The molecule has 2 saturated heterocycles. The molecule has 0 aromatic heterocycles. The lowest BCUT2D eigenvalue weighted by Crippen LogP contribution is -2.52. The summed E-state index contributed by atoms with van der Waals surface area (Å²) in [5, 5.41) is 5.28. The standard InChI is InChI=1S/C26H28N4O5/c31-23-9-8-22(24(32)28-23)30-16-18-14-17(6-7-21(18)25(30)33)15-29-12-10-19(11-13-29)27-26(34)35-20-4-2-1-3-5-20/h1-7,14,19,22H,8-13,15-16H2,(H,27,34)(H,28,31,32). The smallest absolute Gasteiger partial charge is 0.410 e. The van der Waals surface area contributed by atoms with Crippen molar-refractivity contribution in [3.63, 3.8) is 0 Å². The zero-order valence-corrected chi connectivity index (χ0v) is 19.4. The first-order valence-electron chi connectivity index (χ1n) is 12.0. The van der Waals surface area contributed by atoms with Crippen molar-refractivity contribution in [2.45, 2.75) is 50.9 Å². The quantitative estimate of drug-likeness (QED) is 0.641. The highest BCUT2D eigenvalue weighted by atomic mass is 16.6. The molecule has 0 saturated carbocycles. The molecule has 0 aliphatic carbocycles. The second-order valence-electron chi connectivity index (χ2n) is 9.29. The van der Waals surface area contributed by atoms with Gasteiger partial charge in [-0.2, -0.15) is 0 Å². The Hall–Kier alpha value is -3.72. The number of nitrogens with zero attached hydrogens (tertiary/aromatic N) is 2. The zero-order valence-electron chi connectivity index (χ0n) is 19.4. The maximum absolute atomic E-state index is 12.9. The number of carbonyl (C=O) groups is 4. The topological polar surface area (TPSA) is 108 Å². The molecule has 1 unspecified atom stereocenters. The van der Waals surface area contributed by atoms with Crippen molar-refractivity contribution in [3.8, 4) is 5.75 Å². The number of nitrogens with one attached hydrogen (secondary N) is 2. The molecule has 0 spiro atoms. The van der Waals surface area contributed by atoms with E-state index in [0.717, 1.165) is 43.6 Å². The summed E-state index contributed by atoms with van der Waals surface area (Å²) in [6.45, 7) is 2.81. The van der Waals surface area contributed by atoms with Gasteiger partial charge < -0.3 is 15.0 Å². The Labute approximate surface area is 203 Å². The Morgan fingerprint density at radius 3 is 2.54 bits per heavy atom. The highest BCUT2D eigenvalue weighted by molar-refractivity contribution is 6.05. The molecule has 5 rings (SSSR count). The highest BCUT2D eigenvalue weighted by Gasteiger charge is 2.39. The molecular formula is C26H28N4O5. The third-order valence-corrected chi connectivity index (χ3v) is 6.86. The van der Waals surface area contributed by atoms with Crippen molar-refractivity contribution in [3.05, 3.63) is 65.2 Å². The van der Waals surface area contributed by atoms with Gasteiger partial charge in [0.15, 0.2) is 0 Å². The molecule has 2 aromatic rings. The molecular weight excluding hydrogens is 448 g/mol. The van der Waals surface area contributed by atoms with Gasteiger partial charge in [-0.3, -0.25) is 24.6 Å². The van der Waals surface area contributed by atoms with E-state index < -0.39 is 18.0 Å². The van der Waals surface area contributed by atoms with Crippen LogP contribution in [0.2, 0.25) is 0 Å². The van der Waals surface area contributed by atoms with Crippen LogP contribution < -0.4 is 15.4 Å². The van der Waals surface area contributed by atoms with Crippen LogP contribution in [0, 0.1) is 0 Å². The summed E-state index contributed by atoms with van der Waals surface area (Å²) in [6, 6.07) is 14.3. The van der Waals surface area contributed by atoms with Gasteiger partial charge in [0, 0.05) is 44.2 Å². The minimum atomic E-state index is -0.601. The lowest BCUT2D eigenvalue weighted by Gasteiger charge is -2.32. The summed E-state index contributed by atoms with van der Waals surface area (Å²) in [7, 11) is 0. The third-order valence-electron chi connectivity index (χ3n) is 6.86. The number of hydrogen-bond donors (Lipinski definition) is 2. The zero-order chi connectivity index (χ0) is 24.4. The molecule has 35 heavy (non-hydrogen) atoms. The van der Waals surface area contributed by atoms with Crippen LogP contribution in [-0.4, -0.2) is 58.8 Å². The molecule has 1 atom stereocenters. The van der Waals surface area contributed by atoms with Gasteiger partial charge in [-0.15, -0.1) is 0 Å². The number of fused-ring (bicyclic) bond motifs is 1. The Morgan fingerprint density at radius 2 is 1.80 bits per heavy atom. The SMILES string of the molecule is O=C1CCC(N2Cc3cc(CN4CCC(NC(=O)Oc5ccccc5)CC4)ccc3C2=O)C(=O)N1. The Balaban J connectivity index is 1.12. The van der Waals surface area contributed by atoms with E-state index in [4.69, 9.17) is 4.74 Å². The monoisotopic (exact) mass is 476 g/mol. The van der Waals surface area contributed by atoms with Gasteiger partial charge in [0.2, 0.25) is 11.8 Å². The van der Waals surface area contributed by atoms with E-state index in [1.807, 2.05) is 36.4 Å². The van der Waals surface area contributed by atoms with Crippen LogP contribution in [0.15, 0.2) is 48.5 Å². The van der Waals surface area contributed by atoms with E-state index in [0.29, 0.717) is 24.3 Å². The lowest BCUT2D eigenvalue weighted by atomic mass is 10.0. The number of piperidine rings is 2. The Bertz CT molecular complexity index is 1140. The first kappa shape index (κ1) is 23.0. The molecule has 9 nitrogen and oxygen atoms in total. The number of amides is 4. The number of imide groups is 1. The summed E-state index contributed by atoms with van der Waals surface area (Å²) >= 11 is 0. The molecule has 182 valence electrons. The maximum Gasteiger partial charge on any atom is 0.412 e. The van der Waals surface area contributed by atoms with Crippen molar-refractivity contribution in [1.82, 2.24) is 20.4 Å². The molecule has 0 bridgehead atoms. The summed E-state index contributed by atoms with van der Waals surface area (Å²) in [6.07, 6.45) is 1.83. The van der Waals surface area contributed by atoms with Crippen molar-refractivity contribution in [2.75, 3.05) is 13.1 Å². The fourth-order valence-corrected chi connectivity index (χ4v) is 5.01. The van der Waals surface area contributed by atoms with Crippen molar-refractivity contribution < 1.29 is 23.9 Å². The third kappa shape index (κ3) is 5.19. The first-order valence-corrected chi connectivity index (χ1v) is 12.0. The van der Waals surface area contributed by atoms with Crippen LogP contribution in [0.3, 0.4) is 0 Å². The van der Waals surface area contributed by atoms with E-state index in [9.17, 15) is 19.2 Å². The first-order chi connectivity index (χ1) is 17.0. The van der Waals surface area contributed by atoms with E-state index in [1.54, 1.807) is 17.0 Å². The van der Waals surface area contributed by atoms with Gasteiger partial charge in [-0.1, -0.05) is 30.3 Å². The molecule has 3 aliphatic rings. The normalized spacial score (nSPS) is 21.0. The molecule has 4 amide bonds. The number of carbonyl (C=O) groups excluding carboxylic acids is 4. The van der Waals surface area contributed by atoms with E-state index in [2.05, 4.69) is 15.5 Å². The fraction of sp³-hybridized carbons (Fsp3) is 0.385. The van der Waals surface area contributed by atoms with Crippen molar-refractivity contribution in [2.24, 2.45) is 0 Å². The molecule has 2 fully saturated rings. The number of ether oxygens (including phenoxy) is 1. The predicted molar refractivity (Wildman–Crippen MR) is 126 cm³/mol. The Kier molecular flexibility index (Phi) is 6.50. The van der Waals surface area contributed by atoms with Gasteiger partial charge >= 0.3 is 6.09 Å². The average molecular weight is 477 g/mol. The maximum atomic E-state index is 12.9. The van der Waals surface area contributed by atoms with Crippen LogP contribution in [0.25, 0.3) is 0 Å². The van der Waals surface area contributed by atoms with Crippen LogP contribution >= 0.6 is 0 Å². The van der Waals surface area contributed by atoms with Gasteiger partial charge in [0.25, 0.3) is 5.91 Å².